The molecule has 0 unspecified atom stereocenters. The molecule has 15 heavy (non-hydrogen) atoms. The number of carbonyl (C=O) groups excluding carboxylic acids is 1. The van der Waals surface area contributed by atoms with Crippen molar-refractivity contribution < 1.29 is 14.3 Å². The van der Waals surface area contributed by atoms with Crippen LogP contribution < -0.4 is 0 Å². The molecule has 0 aliphatic heterocycles. The lowest BCUT2D eigenvalue weighted by molar-refractivity contribution is -0.172. The van der Waals surface area contributed by atoms with Gasteiger partial charge in [-0.15, -0.1) is 0 Å². The van der Waals surface area contributed by atoms with Crippen LogP contribution in [0.25, 0.3) is 0 Å². The monoisotopic (exact) mass is 214 g/mol. The maximum atomic E-state index is 12.0. The molecule has 0 radical (unpaired) electrons. The third kappa shape index (κ3) is 3.92. The first kappa shape index (κ1) is 12.7. The van der Waals surface area contributed by atoms with Gasteiger partial charge in [-0.3, -0.25) is 4.79 Å². The molecular weight excluding hydrogens is 192 g/mol. The number of carbonyl (C=O) groups is 1. The Morgan fingerprint density at radius 2 is 1.67 bits per heavy atom. The molecule has 1 saturated carbocycles. The van der Waals surface area contributed by atoms with Gasteiger partial charge in [0.25, 0.3) is 0 Å². The Morgan fingerprint density at radius 1 is 1.13 bits per heavy atom. The van der Waals surface area contributed by atoms with Crippen molar-refractivity contribution in [1.29, 1.82) is 0 Å². The Balaban J connectivity index is 2.45. The van der Waals surface area contributed by atoms with Crippen molar-refractivity contribution in [1.82, 2.24) is 0 Å². The van der Waals surface area contributed by atoms with Crippen LogP contribution in [0, 0.1) is 5.92 Å². The topological polar surface area (TPSA) is 35.5 Å². The minimum Gasteiger partial charge on any atom is -0.346 e. The van der Waals surface area contributed by atoms with Crippen molar-refractivity contribution in [2.24, 2.45) is 5.92 Å². The molecule has 0 aromatic carbocycles. The first-order valence-electron chi connectivity index (χ1n) is 6.06. The molecule has 0 spiro atoms. The van der Waals surface area contributed by atoms with Crippen LogP contribution in [0.5, 0.6) is 0 Å². The standard InChI is InChI=1S/C12H22O3/c1-3-14-12(15-4-2)11(13)10-8-6-5-7-9-10/h10,12H,3-9H2,1-2H3. The Kier molecular flexibility index (Phi) is 5.88. The normalized spacial score (nSPS) is 18.3. The lowest BCUT2D eigenvalue weighted by Gasteiger charge is -2.24. The Morgan fingerprint density at radius 3 is 2.13 bits per heavy atom. The Hall–Kier alpha value is -0.410. The molecule has 0 amide bonds. The maximum Gasteiger partial charge on any atom is 0.218 e. The predicted molar refractivity (Wildman–Crippen MR) is 58.6 cm³/mol. The van der Waals surface area contributed by atoms with Crippen LogP contribution in [0.1, 0.15) is 46.0 Å². The fraction of sp³-hybridized carbons (Fsp3) is 0.917. The quantitative estimate of drug-likeness (QED) is 0.637. The zero-order valence-corrected chi connectivity index (χ0v) is 9.83. The van der Waals surface area contributed by atoms with E-state index in [2.05, 4.69) is 0 Å². The highest BCUT2D eigenvalue weighted by atomic mass is 16.7. The maximum absolute atomic E-state index is 12.0. The molecule has 1 rings (SSSR count). The van der Waals surface area contributed by atoms with Gasteiger partial charge in [0, 0.05) is 19.1 Å². The molecule has 1 aliphatic rings. The van der Waals surface area contributed by atoms with Gasteiger partial charge in [0.2, 0.25) is 6.29 Å². The zero-order chi connectivity index (χ0) is 11.1. The van der Waals surface area contributed by atoms with E-state index in [4.69, 9.17) is 9.47 Å². The summed E-state index contributed by atoms with van der Waals surface area (Å²) < 4.78 is 10.7. The van der Waals surface area contributed by atoms with Crippen LogP contribution in [-0.2, 0) is 14.3 Å². The minimum absolute atomic E-state index is 0.151. The van der Waals surface area contributed by atoms with E-state index in [0.29, 0.717) is 13.2 Å². The summed E-state index contributed by atoms with van der Waals surface area (Å²) in [5, 5.41) is 0. The van der Waals surface area contributed by atoms with E-state index < -0.39 is 6.29 Å². The van der Waals surface area contributed by atoms with Crippen LogP contribution in [-0.4, -0.2) is 25.3 Å². The molecule has 1 aliphatic carbocycles. The molecule has 88 valence electrons. The van der Waals surface area contributed by atoms with Gasteiger partial charge in [-0.25, -0.2) is 0 Å². The van der Waals surface area contributed by atoms with E-state index in [1.54, 1.807) is 0 Å². The van der Waals surface area contributed by atoms with Crippen molar-refractivity contribution in [3.8, 4) is 0 Å². The highest BCUT2D eigenvalue weighted by molar-refractivity contribution is 5.84. The molecule has 3 nitrogen and oxygen atoms in total. The summed E-state index contributed by atoms with van der Waals surface area (Å²) in [5.41, 5.74) is 0. The first-order valence-corrected chi connectivity index (χ1v) is 6.06. The summed E-state index contributed by atoms with van der Waals surface area (Å²) in [4.78, 5) is 12.0. The molecule has 0 aromatic heterocycles. The first-order chi connectivity index (χ1) is 7.29. The summed E-state index contributed by atoms with van der Waals surface area (Å²) in [6.07, 6.45) is 4.99. The van der Waals surface area contributed by atoms with Crippen molar-refractivity contribution in [3.63, 3.8) is 0 Å². The zero-order valence-electron chi connectivity index (χ0n) is 9.83. The fourth-order valence-electron chi connectivity index (χ4n) is 2.09. The molecular formula is C12H22O3. The molecule has 1 fully saturated rings. The average Bonchev–Trinajstić information content (AvgIpc) is 2.29. The van der Waals surface area contributed by atoms with Crippen molar-refractivity contribution in [3.05, 3.63) is 0 Å². The van der Waals surface area contributed by atoms with Gasteiger partial charge in [-0.05, 0) is 26.7 Å². The number of hydrogen-bond donors (Lipinski definition) is 0. The molecule has 0 N–H and O–H groups in total. The summed E-state index contributed by atoms with van der Waals surface area (Å²) in [6.45, 7) is 4.84. The van der Waals surface area contributed by atoms with Crippen molar-refractivity contribution >= 4 is 5.78 Å². The molecule has 0 bridgehead atoms. The van der Waals surface area contributed by atoms with Crippen molar-refractivity contribution in [2.75, 3.05) is 13.2 Å². The molecule has 3 heteroatoms. The molecule has 0 atom stereocenters. The van der Waals surface area contributed by atoms with Gasteiger partial charge in [0.05, 0.1) is 0 Å². The second kappa shape index (κ2) is 6.96. The largest absolute Gasteiger partial charge is 0.346 e. The average molecular weight is 214 g/mol. The second-order valence-corrected chi connectivity index (χ2v) is 3.98. The lowest BCUT2D eigenvalue weighted by Crippen LogP contribution is -2.34. The van der Waals surface area contributed by atoms with Gasteiger partial charge < -0.3 is 9.47 Å². The number of rotatable bonds is 6. The minimum atomic E-state index is -0.622. The molecule has 0 heterocycles. The van der Waals surface area contributed by atoms with E-state index >= 15 is 0 Å². The number of ketones is 1. The Bertz CT molecular complexity index is 179. The van der Waals surface area contributed by atoms with Crippen molar-refractivity contribution in [2.45, 2.75) is 52.2 Å². The third-order valence-electron chi connectivity index (χ3n) is 2.88. The lowest BCUT2D eigenvalue weighted by atomic mass is 9.86. The number of Topliss-reactive ketones (excluding diaryl/α,β-unsaturated/α-hetero) is 1. The van der Waals surface area contributed by atoms with E-state index in [1.165, 1.54) is 19.3 Å². The van der Waals surface area contributed by atoms with E-state index in [1.807, 2.05) is 13.8 Å². The summed E-state index contributed by atoms with van der Waals surface area (Å²) in [5.74, 6) is 0.320. The summed E-state index contributed by atoms with van der Waals surface area (Å²) >= 11 is 0. The third-order valence-corrected chi connectivity index (χ3v) is 2.88. The molecule has 0 aromatic rings. The molecule has 0 saturated heterocycles. The van der Waals surface area contributed by atoms with Gasteiger partial charge in [0.1, 0.15) is 0 Å². The predicted octanol–water partition coefficient (Wildman–Crippen LogP) is 2.53. The fourth-order valence-corrected chi connectivity index (χ4v) is 2.09. The summed E-state index contributed by atoms with van der Waals surface area (Å²) in [7, 11) is 0. The van der Waals surface area contributed by atoms with Crippen LogP contribution in [0.3, 0.4) is 0 Å². The Labute approximate surface area is 92.1 Å². The van der Waals surface area contributed by atoms with Crippen LogP contribution in [0.15, 0.2) is 0 Å². The van der Waals surface area contributed by atoms with Gasteiger partial charge >= 0.3 is 0 Å². The van der Waals surface area contributed by atoms with Crippen LogP contribution in [0.4, 0.5) is 0 Å². The van der Waals surface area contributed by atoms with E-state index in [9.17, 15) is 4.79 Å². The van der Waals surface area contributed by atoms with Crippen LogP contribution >= 0.6 is 0 Å². The summed E-state index contributed by atoms with van der Waals surface area (Å²) in [6, 6.07) is 0. The number of ether oxygens (including phenoxy) is 2. The highest BCUT2D eigenvalue weighted by Crippen LogP contribution is 2.26. The van der Waals surface area contributed by atoms with Gasteiger partial charge in [-0.1, -0.05) is 19.3 Å². The van der Waals surface area contributed by atoms with E-state index in [-0.39, 0.29) is 11.7 Å². The van der Waals surface area contributed by atoms with Crippen LogP contribution in [0.2, 0.25) is 0 Å². The SMILES string of the molecule is CCOC(OCC)C(=O)C1CCCCC1. The van der Waals surface area contributed by atoms with E-state index in [0.717, 1.165) is 12.8 Å². The van der Waals surface area contributed by atoms with Gasteiger partial charge in [-0.2, -0.15) is 0 Å². The van der Waals surface area contributed by atoms with Gasteiger partial charge in [0.15, 0.2) is 5.78 Å². The number of hydrogen-bond acceptors (Lipinski definition) is 3. The smallest absolute Gasteiger partial charge is 0.218 e. The second-order valence-electron chi connectivity index (χ2n) is 3.98. The highest BCUT2D eigenvalue weighted by Gasteiger charge is 2.28.